The number of carbonyl (C=O) groups is 3. The first-order valence-corrected chi connectivity index (χ1v) is 8.45. The second-order valence-electron chi connectivity index (χ2n) is 5.81. The van der Waals surface area contributed by atoms with Gasteiger partial charge in [0.2, 0.25) is 0 Å². The van der Waals surface area contributed by atoms with E-state index in [9.17, 15) is 14.4 Å². The number of amides is 1. The highest BCUT2D eigenvalue weighted by molar-refractivity contribution is 6.36. The number of esters is 2. The molecule has 0 aliphatic carbocycles. The molecule has 0 aliphatic heterocycles. The van der Waals surface area contributed by atoms with Gasteiger partial charge in [0.1, 0.15) is 6.04 Å². The maximum absolute atomic E-state index is 11.9. The lowest BCUT2D eigenvalue weighted by Gasteiger charge is -2.18. The molecule has 1 N–H and O–H groups in total. The van der Waals surface area contributed by atoms with Crippen LogP contribution in [0, 0.1) is 5.92 Å². The summed E-state index contributed by atoms with van der Waals surface area (Å²) in [6.07, 6.45) is 0.264. The SMILES string of the molecule is COC(=O)[C@@H](CC(C)C)NC(=O)COC(=O)Cc1c(Cl)cccc1Cl. The van der Waals surface area contributed by atoms with Crippen molar-refractivity contribution in [1.82, 2.24) is 5.32 Å². The van der Waals surface area contributed by atoms with Crippen molar-refractivity contribution in [2.75, 3.05) is 13.7 Å². The minimum atomic E-state index is -0.783. The van der Waals surface area contributed by atoms with Gasteiger partial charge in [-0.15, -0.1) is 0 Å². The van der Waals surface area contributed by atoms with E-state index >= 15 is 0 Å². The Morgan fingerprint density at radius 2 is 1.76 bits per heavy atom. The molecule has 0 saturated heterocycles. The molecule has 1 atom stereocenters. The van der Waals surface area contributed by atoms with Crippen LogP contribution in [0.5, 0.6) is 0 Å². The van der Waals surface area contributed by atoms with Gasteiger partial charge in [-0.1, -0.05) is 43.1 Å². The molecule has 138 valence electrons. The fraction of sp³-hybridized carbons (Fsp3) is 0.471. The number of halogens is 2. The number of benzene rings is 1. The molecule has 0 aliphatic rings. The fourth-order valence-electron chi connectivity index (χ4n) is 2.11. The van der Waals surface area contributed by atoms with Gasteiger partial charge in [-0.05, 0) is 24.5 Å². The zero-order valence-corrected chi connectivity index (χ0v) is 15.8. The number of hydrogen-bond acceptors (Lipinski definition) is 5. The van der Waals surface area contributed by atoms with Gasteiger partial charge in [0, 0.05) is 15.6 Å². The van der Waals surface area contributed by atoms with E-state index in [4.69, 9.17) is 27.9 Å². The predicted octanol–water partition coefficient (Wildman–Crippen LogP) is 2.78. The van der Waals surface area contributed by atoms with Gasteiger partial charge in [-0.25, -0.2) is 4.79 Å². The Labute approximate surface area is 156 Å². The van der Waals surface area contributed by atoms with Gasteiger partial charge in [0.15, 0.2) is 6.61 Å². The molecule has 0 aromatic heterocycles. The third kappa shape index (κ3) is 7.32. The van der Waals surface area contributed by atoms with Crippen LogP contribution in [0.4, 0.5) is 0 Å². The average Bonchev–Trinajstić information content (AvgIpc) is 2.54. The average molecular weight is 390 g/mol. The Hall–Kier alpha value is -1.79. The van der Waals surface area contributed by atoms with Gasteiger partial charge in [-0.3, -0.25) is 9.59 Å². The molecule has 0 unspecified atom stereocenters. The first-order valence-electron chi connectivity index (χ1n) is 7.70. The van der Waals surface area contributed by atoms with E-state index in [1.807, 2.05) is 13.8 Å². The highest BCUT2D eigenvalue weighted by atomic mass is 35.5. The molecule has 6 nitrogen and oxygen atoms in total. The third-order valence-corrected chi connectivity index (χ3v) is 3.98. The highest BCUT2D eigenvalue weighted by Gasteiger charge is 2.23. The van der Waals surface area contributed by atoms with Crippen LogP contribution in [0.1, 0.15) is 25.8 Å². The molecule has 0 radical (unpaired) electrons. The van der Waals surface area contributed by atoms with Gasteiger partial charge >= 0.3 is 11.9 Å². The van der Waals surface area contributed by atoms with Gasteiger partial charge in [0.05, 0.1) is 13.5 Å². The summed E-state index contributed by atoms with van der Waals surface area (Å²) in [6.45, 7) is 3.32. The molecular formula is C17H21Cl2NO5. The zero-order valence-electron chi connectivity index (χ0n) is 14.3. The summed E-state index contributed by atoms with van der Waals surface area (Å²) in [5, 5.41) is 3.19. The Bertz CT molecular complexity index is 613. The van der Waals surface area contributed by atoms with E-state index in [1.165, 1.54) is 7.11 Å². The van der Waals surface area contributed by atoms with Crippen molar-refractivity contribution in [3.8, 4) is 0 Å². The normalized spacial score (nSPS) is 11.8. The summed E-state index contributed by atoms with van der Waals surface area (Å²) in [6, 6.07) is 4.09. The summed E-state index contributed by atoms with van der Waals surface area (Å²) in [4.78, 5) is 35.4. The summed E-state index contributed by atoms with van der Waals surface area (Å²) in [5.41, 5.74) is 0.434. The smallest absolute Gasteiger partial charge is 0.328 e. The van der Waals surface area contributed by atoms with Crippen molar-refractivity contribution in [2.45, 2.75) is 32.7 Å². The molecule has 1 amide bonds. The van der Waals surface area contributed by atoms with Crippen molar-refractivity contribution in [1.29, 1.82) is 0 Å². The van der Waals surface area contributed by atoms with E-state index in [2.05, 4.69) is 10.1 Å². The molecule has 0 spiro atoms. The van der Waals surface area contributed by atoms with E-state index in [0.29, 0.717) is 22.0 Å². The Morgan fingerprint density at radius 3 is 2.28 bits per heavy atom. The lowest BCUT2D eigenvalue weighted by atomic mass is 10.0. The van der Waals surface area contributed by atoms with E-state index in [1.54, 1.807) is 18.2 Å². The molecule has 1 aromatic carbocycles. The molecule has 25 heavy (non-hydrogen) atoms. The van der Waals surface area contributed by atoms with Crippen LogP contribution in [0.25, 0.3) is 0 Å². The fourth-order valence-corrected chi connectivity index (χ4v) is 2.64. The van der Waals surface area contributed by atoms with Crippen LogP contribution in [-0.2, 0) is 30.3 Å². The Balaban J connectivity index is 2.54. The van der Waals surface area contributed by atoms with Crippen molar-refractivity contribution >= 4 is 41.0 Å². The minimum Gasteiger partial charge on any atom is -0.467 e. The number of rotatable bonds is 8. The number of methoxy groups -OCH3 is 1. The second kappa shape index (κ2) is 10.3. The predicted molar refractivity (Wildman–Crippen MR) is 94.5 cm³/mol. The maximum atomic E-state index is 11.9. The number of carbonyl (C=O) groups excluding carboxylic acids is 3. The third-order valence-electron chi connectivity index (χ3n) is 3.28. The molecule has 1 aromatic rings. The van der Waals surface area contributed by atoms with E-state index in [0.717, 1.165) is 0 Å². The standard InChI is InChI=1S/C17H21Cl2NO5/c1-10(2)7-14(17(23)24-3)20-15(21)9-25-16(22)8-11-12(18)5-4-6-13(11)19/h4-6,10,14H,7-9H2,1-3H3,(H,20,21)/t14-/m1/s1. The largest absolute Gasteiger partial charge is 0.467 e. The van der Waals surface area contributed by atoms with Crippen LogP contribution in [-0.4, -0.2) is 37.6 Å². The quantitative estimate of drug-likeness (QED) is 0.691. The van der Waals surface area contributed by atoms with Crippen molar-refractivity contribution < 1.29 is 23.9 Å². The van der Waals surface area contributed by atoms with Crippen LogP contribution < -0.4 is 5.32 Å². The van der Waals surface area contributed by atoms with Crippen LogP contribution >= 0.6 is 23.2 Å². The number of nitrogens with one attached hydrogen (secondary N) is 1. The Kier molecular flexibility index (Phi) is 8.72. The Morgan fingerprint density at radius 1 is 1.16 bits per heavy atom. The lowest BCUT2D eigenvalue weighted by molar-refractivity contribution is -0.150. The summed E-state index contributed by atoms with van der Waals surface area (Å²) in [5.74, 6) is -1.61. The minimum absolute atomic E-state index is 0.155. The van der Waals surface area contributed by atoms with Crippen molar-refractivity contribution in [3.63, 3.8) is 0 Å². The molecular weight excluding hydrogens is 369 g/mol. The van der Waals surface area contributed by atoms with E-state index < -0.39 is 30.5 Å². The zero-order chi connectivity index (χ0) is 19.0. The van der Waals surface area contributed by atoms with Crippen molar-refractivity contribution in [3.05, 3.63) is 33.8 Å². The molecule has 8 heteroatoms. The first kappa shape index (κ1) is 21.3. The van der Waals surface area contributed by atoms with Gasteiger partial charge < -0.3 is 14.8 Å². The van der Waals surface area contributed by atoms with Gasteiger partial charge in [-0.2, -0.15) is 0 Å². The lowest BCUT2D eigenvalue weighted by Crippen LogP contribution is -2.44. The maximum Gasteiger partial charge on any atom is 0.328 e. The monoisotopic (exact) mass is 389 g/mol. The molecule has 0 bridgehead atoms. The van der Waals surface area contributed by atoms with Crippen LogP contribution in [0.15, 0.2) is 18.2 Å². The van der Waals surface area contributed by atoms with Crippen LogP contribution in [0.2, 0.25) is 10.0 Å². The highest BCUT2D eigenvalue weighted by Crippen LogP contribution is 2.24. The topological polar surface area (TPSA) is 81.7 Å². The molecule has 0 saturated carbocycles. The summed E-state index contributed by atoms with van der Waals surface area (Å²) < 4.78 is 9.57. The van der Waals surface area contributed by atoms with Crippen LogP contribution in [0.3, 0.4) is 0 Å². The molecule has 0 fully saturated rings. The number of ether oxygens (including phenoxy) is 2. The molecule has 1 rings (SSSR count). The summed E-state index contributed by atoms with van der Waals surface area (Å²) >= 11 is 12.0. The first-order chi connectivity index (χ1) is 11.7. The van der Waals surface area contributed by atoms with Crippen molar-refractivity contribution in [2.24, 2.45) is 5.92 Å². The second-order valence-corrected chi connectivity index (χ2v) is 6.62. The summed E-state index contributed by atoms with van der Waals surface area (Å²) in [7, 11) is 1.25. The number of hydrogen-bond donors (Lipinski definition) is 1. The van der Waals surface area contributed by atoms with E-state index in [-0.39, 0.29) is 12.3 Å². The van der Waals surface area contributed by atoms with Gasteiger partial charge in [0.25, 0.3) is 5.91 Å². The molecule has 0 heterocycles.